The van der Waals surface area contributed by atoms with Gasteiger partial charge in [-0.1, -0.05) is 19.9 Å². The molecule has 3 nitrogen and oxygen atoms in total. The van der Waals surface area contributed by atoms with Gasteiger partial charge in [-0.2, -0.15) is 0 Å². The molecule has 1 aromatic carbocycles. The van der Waals surface area contributed by atoms with Gasteiger partial charge in [-0.3, -0.25) is 0 Å². The van der Waals surface area contributed by atoms with E-state index in [0.717, 1.165) is 17.3 Å². The average molecular weight is 304 g/mol. The van der Waals surface area contributed by atoms with Crippen molar-refractivity contribution in [2.45, 2.75) is 53.8 Å². The first kappa shape index (κ1) is 16.0. The number of hydrogen-bond donors (Lipinski definition) is 1. The molecule has 1 aromatic heterocycles. The van der Waals surface area contributed by atoms with Crippen LogP contribution < -0.4 is 10.1 Å². The van der Waals surface area contributed by atoms with Crippen molar-refractivity contribution in [1.29, 1.82) is 0 Å². The summed E-state index contributed by atoms with van der Waals surface area (Å²) in [5.41, 5.74) is 3.71. The molecule has 4 heteroatoms. The Morgan fingerprint density at radius 2 is 2.00 bits per heavy atom. The summed E-state index contributed by atoms with van der Waals surface area (Å²) >= 11 is 1.71. The van der Waals surface area contributed by atoms with E-state index in [1.165, 1.54) is 21.6 Å². The van der Waals surface area contributed by atoms with E-state index in [2.05, 4.69) is 57.1 Å². The van der Waals surface area contributed by atoms with Gasteiger partial charge in [0.1, 0.15) is 17.4 Å². The summed E-state index contributed by atoms with van der Waals surface area (Å²) in [6.45, 7) is 12.0. The molecule has 0 saturated heterocycles. The van der Waals surface area contributed by atoms with Crippen LogP contribution in [0.4, 0.5) is 0 Å². The van der Waals surface area contributed by atoms with Gasteiger partial charge in [0.15, 0.2) is 0 Å². The van der Waals surface area contributed by atoms with Gasteiger partial charge in [0.25, 0.3) is 0 Å². The first-order valence-corrected chi connectivity index (χ1v) is 8.15. The Morgan fingerprint density at radius 3 is 2.71 bits per heavy atom. The zero-order valence-corrected chi connectivity index (χ0v) is 14.3. The molecule has 0 fully saturated rings. The minimum absolute atomic E-state index is 0.490. The molecule has 0 aliphatic heterocycles. The quantitative estimate of drug-likeness (QED) is 0.870. The molecule has 0 spiro atoms. The fourth-order valence-electron chi connectivity index (χ4n) is 2.09. The molecule has 21 heavy (non-hydrogen) atoms. The summed E-state index contributed by atoms with van der Waals surface area (Å²) in [4.78, 5) is 5.69. The molecular formula is C17H24N2OS. The fourth-order valence-corrected chi connectivity index (χ4v) is 2.88. The van der Waals surface area contributed by atoms with E-state index >= 15 is 0 Å². The van der Waals surface area contributed by atoms with Crippen molar-refractivity contribution >= 4 is 11.3 Å². The van der Waals surface area contributed by atoms with Crippen molar-refractivity contribution < 1.29 is 4.74 Å². The number of aromatic nitrogens is 1. The van der Waals surface area contributed by atoms with Gasteiger partial charge in [0.2, 0.25) is 0 Å². The van der Waals surface area contributed by atoms with Crippen LogP contribution in [-0.2, 0) is 13.2 Å². The first-order chi connectivity index (χ1) is 9.95. The lowest BCUT2D eigenvalue weighted by Gasteiger charge is -2.11. The highest BCUT2D eigenvalue weighted by molar-refractivity contribution is 7.11. The standard InChI is InChI=1S/C17H24N2OS/c1-11(2)18-8-15-9-19-17(21-15)10-20-16-7-12(3)6-13(4)14(16)5/h6-7,9,11,18H,8,10H2,1-5H3. The summed E-state index contributed by atoms with van der Waals surface area (Å²) in [6.07, 6.45) is 1.94. The SMILES string of the molecule is Cc1cc(C)c(C)c(OCc2ncc(CNC(C)C)s2)c1. The average Bonchev–Trinajstić information content (AvgIpc) is 2.87. The number of nitrogens with zero attached hydrogens (tertiary/aromatic N) is 1. The molecule has 1 heterocycles. The molecule has 0 aliphatic carbocycles. The van der Waals surface area contributed by atoms with Crippen LogP contribution in [0.25, 0.3) is 0 Å². The Hall–Kier alpha value is -1.39. The van der Waals surface area contributed by atoms with E-state index < -0.39 is 0 Å². The molecule has 0 bridgehead atoms. The number of nitrogens with one attached hydrogen (secondary N) is 1. The number of ether oxygens (including phenoxy) is 1. The number of rotatable bonds is 6. The number of hydrogen-bond acceptors (Lipinski definition) is 4. The van der Waals surface area contributed by atoms with Crippen LogP contribution in [-0.4, -0.2) is 11.0 Å². The van der Waals surface area contributed by atoms with Gasteiger partial charge in [-0.05, 0) is 43.5 Å². The minimum Gasteiger partial charge on any atom is -0.486 e. The Bertz CT molecular complexity index is 605. The van der Waals surface area contributed by atoms with E-state index in [1.54, 1.807) is 11.3 Å². The summed E-state index contributed by atoms with van der Waals surface area (Å²) in [5, 5.41) is 4.42. The van der Waals surface area contributed by atoms with Crippen molar-refractivity contribution in [1.82, 2.24) is 10.3 Å². The highest BCUT2D eigenvalue weighted by Crippen LogP contribution is 2.25. The molecular weight excluding hydrogens is 280 g/mol. The normalized spacial score (nSPS) is 11.1. The van der Waals surface area contributed by atoms with Crippen molar-refractivity contribution in [3.8, 4) is 5.75 Å². The van der Waals surface area contributed by atoms with Gasteiger partial charge in [-0.15, -0.1) is 11.3 Å². The lowest BCUT2D eigenvalue weighted by Crippen LogP contribution is -2.21. The van der Waals surface area contributed by atoms with E-state index in [4.69, 9.17) is 4.74 Å². The van der Waals surface area contributed by atoms with Gasteiger partial charge in [-0.25, -0.2) is 4.98 Å². The zero-order chi connectivity index (χ0) is 15.4. The maximum atomic E-state index is 5.95. The largest absolute Gasteiger partial charge is 0.486 e. The van der Waals surface area contributed by atoms with Crippen LogP contribution in [0.1, 0.15) is 40.4 Å². The summed E-state index contributed by atoms with van der Waals surface area (Å²) in [5.74, 6) is 0.963. The van der Waals surface area contributed by atoms with E-state index in [1.807, 2.05) is 6.20 Å². The number of aryl methyl sites for hydroxylation is 2. The minimum atomic E-state index is 0.490. The Kier molecular flexibility index (Phi) is 5.37. The van der Waals surface area contributed by atoms with Crippen molar-refractivity contribution in [2.24, 2.45) is 0 Å². The smallest absolute Gasteiger partial charge is 0.140 e. The monoisotopic (exact) mass is 304 g/mol. The maximum absolute atomic E-state index is 5.95. The Labute approximate surface area is 131 Å². The van der Waals surface area contributed by atoms with Crippen molar-refractivity contribution in [2.75, 3.05) is 0 Å². The van der Waals surface area contributed by atoms with Crippen LogP contribution >= 0.6 is 11.3 Å². The molecule has 114 valence electrons. The van der Waals surface area contributed by atoms with Gasteiger partial charge in [0, 0.05) is 23.7 Å². The zero-order valence-electron chi connectivity index (χ0n) is 13.5. The molecule has 0 radical (unpaired) electrons. The Balaban J connectivity index is 1.97. The van der Waals surface area contributed by atoms with Gasteiger partial charge < -0.3 is 10.1 Å². The first-order valence-electron chi connectivity index (χ1n) is 7.33. The number of benzene rings is 1. The van der Waals surface area contributed by atoms with E-state index in [0.29, 0.717) is 12.6 Å². The summed E-state index contributed by atoms with van der Waals surface area (Å²) in [6, 6.07) is 4.77. The highest BCUT2D eigenvalue weighted by Gasteiger charge is 2.07. The fraction of sp³-hybridized carbons (Fsp3) is 0.471. The lowest BCUT2D eigenvalue weighted by molar-refractivity contribution is 0.303. The lowest BCUT2D eigenvalue weighted by atomic mass is 10.1. The van der Waals surface area contributed by atoms with Crippen LogP contribution in [0, 0.1) is 20.8 Å². The van der Waals surface area contributed by atoms with Gasteiger partial charge >= 0.3 is 0 Å². The molecule has 0 amide bonds. The molecule has 2 rings (SSSR count). The van der Waals surface area contributed by atoms with E-state index in [-0.39, 0.29) is 0 Å². The molecule has 2 aromatic rings. The third-order valence-corrected chi connectivity index (χ3v) is 4.37. The second-order valence-corrected chi connectivity index (χ2v) is 6.95. The predicted octanol–water partition coefficient (Wildman–Crippen LogP) is 4.15. The molecule has 0 saturated carbocycles. The van der Waals surface area contributed by atoms with Crippen LogP contribution in [0.15, 0.2) is 18.3 Å². The summed E-state index contributed by atoms with van der Waals surface area (Å²) in [7, 11) is 0. The number of thiazole rings is 1. The van der Waals surface area contributed by atoms with Crippen molar-refractivity contribution in [3.63, 3.8) is 0 Å². The third-order valence-electron chi connectivity index (χ3n) is 3.40. The van der Waals surface area contributed by atoms with E-state index in [9.17, 15) is 0 Å². The second kappa shape index (κ2) is 7.05. The Morgan fingerprint density at radius 1 is 1.24 bits per heavy atom. The van der Waals surface area contributed by atoms with Crippen LogP contribution in [0.2, 0.25) is 0 Å². The second-order valence-electron chi connectivity index (χ2n) is 5.75. The molecule has 0 aliphatic rings. The highest BCUT2D eigenvalue weighted by atomic mass is 32.1. The maximum Gasteiger partial charge on any atom is 0.140 e. The predicted molar refractivity (Wildman–Crippen MR) is 89.1 cm³/mol. The van der Waals surface area contributed by atoms with Gasteiger partial charge in [0.05, 0.1) is 0 Å². The molecule has 0 unspecified atom stereocenters. The summed E-state index contributed by atoms with van der Waals surface area (Å²) < 4.78 is 5.95. The molecule has 0 atom stereocenters. The topological polar surface area (TPSA) is 34.1 Å². The van der Waals surface area contributed by atoms with Crippen molar-refractivity contribution in [3.05, 3.63) is 44.9 Å². The molecule has 1 N–H and O–H groups in total. The van der Waals surface area contributed by atoms with Crippen LogP contribution in [0.5, 0.6) is 5.75 Å². The third kappa shape index (κ3) is 4.55. The van der Waals surface area contributed by atoms with Crippen LogP contribution in [0.3, 0.4) is 0 Å².